The minimum atomic E-state index is -1.21. The van der Waals surface area contributed by atoms with E-state index in [9.17, 15) is 14.4 Å². The molecule has 4 N–H and O–H groups in total. The first-order chi connectivity index (χ1) is 9.79. The lowest BCUT2D eigenvalue weighted by molar-refractivity contribution is -0.139. The number of amides is 3. The number of nitrogens with two attached hydrogens (primary N) is 1. The first kappa shape index (κ1) is 16.9. The molecule has 21 heavy (non-hydrogen) atoms. The van der Waals surface area contributed by atoms with Crippen LogP contribution in [0.5, 0.6) is 0 Å². The molecule has 116 valence electrons. The molecule has 1 unspecified atom stereocenters. The molecule has 0 aliphatic carbocycles. The molecular weight excluding hydrogens is 296 g/mol. The van der Waals surface area contributed by atoms with Crippen LogP contribution in [0.15, 0.2) is 5.38 Å². The van der Waals surface area contributed by atoms with Gasteiger partial charge in [-0.3, -0.25) is 4.79 Å². The maximum atomic E-state index is 11.9. The number of thiazole rings is 1. The number of rotatable bonds is 7. The van der Waals surface area contributed by atoms with E-state index in [1.54, 1.807) is 0 Å². The van der Waals surface area contributed by atoms with Gasteiger partial charge in [0.15, 0.2) is 0 Å². The molecule has 0 radical (unpaired) electrons. The number of nitrogens with zero attached hydrogens (tertiary/aromatic N) is 2. The molecule has 3 amide bonds. The molecule has 1 aromatic heterocycles. The van der Waals surface area contributed by atoms with E-state index in [0.29, 0.717) is 0 Å². The quantitative estimate of drug-likeness (QED) is 0.668. The first-order valence-electron chi connectivity index (χ1n) is 6.23. The van der Waals surface area contributed by atoms with Gasteiger partial charge in [-0.15, -0.1) is 11.3 Å². The van der Waals surface area contributed by atoms with Crippen molar-refractivity contribution in [3.05, 3.63) is 16.1 Å². The number of carboxylic acids is 1. The van der Waals surface area contributed by atoms with Crippen LogP contribution >= 0.6 is 11.3 Å². The van der Waals surface area contributed by atoms with Crippen molar-refractivity contribution < 1.29 is 19.5 Å². The summed E-state index contributed by atoms with van der Waals surface area (Å²) < 4.78 is 0. The number of hydrogen-bond acceptors (Lipinski definition) is 5. The van der Waals surface area contributed by atoms with E-state index in [4.69, 9.17) is 10.8 Å². The second-order valence-electron chi connectivity index (χ2n) is 4.56. The number of carbonyl (C=O) groups excluding carboxylic acids is 2. The fraction of sp³-hybridized carbons (Fsp3) is 0.500. The highest BCUT2D eigenvalue weighted by Gasteiger charge is 2.22. The fourth-order valence-electron chi connectivity index (χ4n) is 1.60. The minimum Gasteiger partial charge on any atom is -0.480 e. The number of carbonyl (C=O) groups is 3. The molecule has 9 heteroatoms. The molecule has 0 saturated carbocycles. The molecule has 0 aromatic carbocycles. The van der Waals surface area contributed by atoms with Gasteiger partial charge in [-0.2, -0.15) is 0 Å². The van der Waals surface area contributed by atoms with Gasteiger partial charge in [-0.25, -0.2) is 14.6 Å². The molecule has 0 aliphatic heterocycles. The van der Waals surface area contributed by atoms with Gasteiger partial charge >= 0.3 is 12.0 Å². The number of aromatic nitrogens is 1. The van der Waals surface area contributed by atoms with E-state index in [0.717, 1.165) is 10.7 Å². The van der Waals surface area contributed by atoms with E-state index in [-0.39, 0.29) is 19.4 Å². The lowest BCUT2D eigenvalue weighted by Crippen LogP contribution is -2.46. The lowest BCUT2D eigenvalue weighted by Gasteiger charge is -2.20. The number of aliphatic carboxylic acids is 1. The Hall–Kier alpha value is -2.16. The summed E-state index contributed by atoms with van der Waals surface area (Å²) in [5, 5.41) is 14.1. The molecule has 1 heterocycles. The number of urea groups is 1. The smallest absolute Gasteiger partial charge is 0.326 e. The zero-order chi connectivity index (χ0) is 16.0. The van der Waals surface area contributed by atoms with Crippen LogP contribution in [0.25, 0.3) is 0 Å². The van der Waals surface area contributed by atoms with E-state index in [1.165, 1.54) is 23.3 Å². The summed E-state index contributed by atoms with van der Waals surface area (Å²) in [7, 11) is 1.54. The molecule has 0 aliphatic rings. The summed E-state index contributed by atoms with van der Waals surface area (Å²) in [5.41, 5.74) is 5.71. The SMILES string of the molecule is Cc1nc(CN(C)C(=O)NC(CCC(N)=O)C(=O)O)cs1. The van der Waals surface area contributed by atoms with Gasteiger partial charge in [0, 0.05) is 18.8 Å². The molecule has 0 bridgehead atoms. The van der Waals surface area contributed by atoms with Crippen molar-refractivity contribution in [1.82, 2.24) is 15.2 Å². The Morgan fingerprint density at radius 3 is 2.67 bits per heavy atom. The highest BCUT2D eigenvalue weighted by molar-refractivity contribution is 7.09. The third-order valence-electron chi connectivity index (χ3n) is 2.69. The normalized spacial score (nSPS) is 11.7. The van der Waals surface area contributed by atoms with Gasteiger partial charge < -0.3 is 21.1 Å². The van der Waals surface area contributed by atoms with Crippen molar-refractivity contribution in [3.63, 3.8) is 0 Å². The number of nitrogens with one attached hydrogen (secondary N) is 1. The number of hydrogen-bond donors (Lipinski definition) is 3. The second-order valence-corrected chi connectivity index (χ2v) is 5.62. The Kier molecular flexibility index (Phi) is 6.10. The Balaban J connectivity index is 2.55. The van der Waals surface area contributed by atoms with Crippen LogP contribution in [0, 0.1) is 6.92 Å². The average Bonchev–Trinajstić information content (AvgIpc) is 2.78. The van der Waals surface area contributed by atoms with Crippen LogP contribution in [0.3, 0.4) is 0 Å². The second kappa shape index (κ2) is 7.58. The van der Waals surface area contributed by atoms with Crippen molar-refractivity contribution in [2.75, 3.05) is 7.05 Å². The van der Waals surface area contributed by atoms with E-state index in [1.807, 2.05) is 12.3 Å². The Morgan fingerprint density at radius 1 is 1.52 bits per heavy atom. The predicted molar refractivity (Wildman–Crippen MR) is 76.7 cm³/mol. The van der Waals surface area contributed by atoms with Crippen LogP contribution in [0.1, 0.15) is 23.5 Å². The van der Waals surface area contributed by atoms with Crippen LogP contribution in [-0.2, 0) is 16.1 Å². The third kappa shape index (κ3) is 5.78. The Morgan fingerprint density at radius 2 is 2.19 bits per heavy atom. The van der Waals surface area contributed by atoms with E-state index >= 15 is 0 Å². The molecule has 1 rings (SSSR count). The summed E-state index contributed by atoms with van der Waals surface area (Å²) in [6, 6.07) is -1.69. The summed E-state index contributed by atoms with van der Waals surface area (Å²) in [6.07, 6.45) is -0.147. The van der Waals surface area contributed by atoms with Gasteiger partial charge in [0.1, 0.15) is 6.04 Å². The maximum Gasteiger partial charge on any atom is 0.326 e. The summed E-state index contributed by atoms with van der Waals surface area (Å²) in [4.78, 5) is 39.2. The van der Waals surface area contributed by atoms with Gasteiger partial charge in [0.05, 0.1) is 17.2 Å². The van der Waals surface area contributed by atoms with Gasteiger partial charge in [0.2, 0.25) is 5.91 Å². The van der Waals surface area contributed by atoms with Crippen molar-refractivity contribution >= 4 is 29.2 Å². The fourth-order valence-corrected chi connectivity index (χ4v) is 2.20. The minimum absolute atomic E-state index is 0.0416. The van der Waals surface area contributed by atoms with Crippen LogP contribution < -0.4 is 11.1 Å². The van der Waals surface area contributed by atoms with Gasteiger partial charge in [-0.1, -0.05) is 0 Å². The van der Waals surface area contributed by atoms with Crippen molar-refractivity contribution in [3.8, 4) is 0 Å². The van der Waals surface area contributed by atoms with E-state index < -0.39 is 23.9 Å². The average molecular weight is 314 g/mol. The molecular formula is C12H18N4O4S. The molecule has 1 atom stereocenters. The van der Waals surface area contributed by atoms with Crippen LogP contribution in [0.2, 0.25) is 0 Å². The van der Waals surface area contributed by atoms with Crippen molar-refractivity contribution in [1.29, 1.82) is 0 Å². The lowest BCUT2D eigenvalue weighted by atomic mass is 10.1. The standard InChI is InChI=1S/C12H18N4O4S/c1-7-14-8(6-21-7)5-16(2)12(20)15-9(11(18)19)3-4-10(13)17/h6,9H,3-5H2,1-2H3,(H2,13,17)(H,15,20)(H,18,19). The van der Waals surface area contributed by atoms with E-state index in [2.05, 4.69) is 10.3 Å². The van der Waals surface area contributed by atoms with Crippen molar-refractivity contribution in [2.24, 2.45) is 5.73 Å². The summed E-state index contributed by atoms with van der Waals surface area (Å²) in [6.45, 7) is 2.14. The van der Waals surface area contributed by atoms with Crippen LogP contribution in [0.4, 0.5) is 4.79 Å². The highest BCUT2D eigenvalue weighted by atomic mass is 32.1. The maximum absolute atomic E-state index is 11.9. The third-order valence-corrected chi connectivity index (χ3v) is 3.51. The van der Waals surface area contributed by atoms with Crippen LogP contribution in [-0.4, -0.2) is 46.0 Å². The largest absolute Gasteiger partial charge is 0.480 e. The summed E-state index contributed by atoms with van der Waals surface area (Å²) in [5.74, 6) is -1.82. The molecule has 0 fully saturated rings. The zero-order valence-corrected chi connectivity index (χ0v) is 12.6. The van der Waals surface area contributed by atoms with Crippen molar-refractivity contribution in [2.45, 2.75) is 32.4 Å². The Bertz CT molecular complexity index is 531. The number of primary amides is 1. The zero-order valence-electron chi connectivity index (χ0n) is 11.8. The number of aryl methyl sites for hydroxylation is 1. The molecule has 8 nitrogen and oxygen atoms in total. The predicted octanol–water partition coefficient (Wildman–Crippen LogP) is 0.312. The highest BCUT2D eigenvalue weighted by Crippen LogP contribution is 2.10. The molecule has 0 saturated heterocycles. The summed E-state index contributed by atoms with van der Waals surface area (Å²) >= 11 is 1.47. The van der Waals surface area contributed by atoms with Gasteiger partial charge in [-0.05, 0) is 13.3 Å². The molecule has 1 aromatic rings. The number of carboxylic acid groups (broad SMARTS) is 1. The molecule has 0 spiro atoms. The van der Waals surface area contributed by atoms with Gasteiger partial charge in [0.25, 0.3) is 0 Å². The monoisotopic (exact) mass is 314 g/mol. The Labute approximate surface area is 126 Å². The topological polar surface area (TPSA) is 126 Å². The first-order valence-corrected chi connectivity index (χ1v) is 7.11.